The summed E-state index contributed by atoms with van der Waals surface area (Å²) in [6.07, 6.45) is 1.21. The van der Waals surface area contributed by atoms with Crippen LogP contribution in [0, 0.1) is 18.8 Å². The van der Waals surface area contributed by atoms with Crippen LogP contribution in [0.3, 0.4) is 0 Å². The minimum absolute atomic E-state index is 0.0263. The number of hydrogen-bond donors (Lipinski definition) is 4. The standard InChI is InChI=1S/C31H32N6O2/c1-17-11-12-24-22(15-34-37-24)28(17)21-14-26(36-30(29(21)32)31(33)38)25-9-6-10-27(35-25)39-16-23(20-13-18(20)2)19-7-4-3-5-8-19/h3-12,14,18,20,23,34,37H,13,15-16,32H2,1-2H3,(H2,33,38). The maximum atomic E-state index is 12.4. The average molecular weight is 521 g/mol. The van der Waals surface area contributed by atoms with Gasteiger partial charge in [-0.2, -0.15) is 0 Å². The Kier molecular flexibility index (Phi) is 6.40. The molecule has 1 fully saturated rings. The summed E-state index contributed by atoms with van der Waals surface area (Å²) < 4.78 is 6.26. The fourth-order valence-electron chi connectivity index (χ4n) is 5.64. The van der Waals surface area contributed by atoms with Crippen molar-refractivity contribution in [1.82, 2.24) is 15.4 Å². The number of hydrogen-bond acceptors (Lipinski definition) is 7. The van der Waals surface area contributed by atoms with Crippen molar-refractivity contribution in [2.45, 2.75) is 32.7 Å². The van der Waals surface area contributed by atoms with Crippen molar-refractivity contribution in [1.29, 1.82) is 0 Å². The lowest BCUT2D eigenvalue weighted by Crippen LogP contribution is -2.17. The first kappa shape index (κ1) is 24.9. The fraction of sp³-hybridized carbons (Fsp3) is 0.258. The molecular weight excluding hydrogens is 488 g/mol. The van der Waals surface area contributed by atoms with Crippen LogP contribution in [0.5, 0.6) is 5.88 Å². The van der Waals surface area contributed by atoms with E-state index in [-0.39, 0.29) is 11.4 Å². The van der Waals surface area contributed by atoms with Gasteiger partial charge < -0.3 is 21.6 Å². The first-order valence-corrected chi connectivity index (χ1v) is 13.3. The molecule has 1 aliphatic heterocycles. The third-order valence-corrected chi connectivity index (χ3v) is 7.88. The number of hydrazine groups is 1. The number of carbonyl (C=O) groups excluding carboxylic acids is 1. The number of nitrogens with one attached hydrogen (secondary N) is 2. The van der Waals surface area contributed by atoms with Gasteiger partial charge in [-0.05, 0) is 60.1 Å². The van der Waals surface area contributed by atoms with Crippen LogP contribution in [-0.2, 0) is 6.54 Å². The van der Waals surface area contributed by atoms with Crippen LogP contribution >= 0.6 is 0 Å². The summed E-state index contributed by atoms with van der Waals surface area (Å²) in [5.74, 6) is 1.42. The predicted molar refractivity (Wildman–Crippen MR) is 153 cm³/mol. The summed E-state index contributed by atoms with van der Waals surface area (Å²) in [4.78, 5) is 21.7. The number of anilines is 2. The van der Waals surface area contributed by atoms with Gasteiger partial charge in [0.2, 0.25) is 5.88 Å². The number of nitrogens with zero attached hydrogens (tertiary/aromatic N) is 2. The number of nitrogens with two attached hydrogens (primary N) is 2. The maximum absolute atomic E-state index is 12.4. The molecule has 0 bridgehead atoms. The smallest absolute Gasteiger partial charge is 0.269 e. The van der Waals surface area contributed by atoms with Crippen LogP contribution in [0.1, 0.15) is 46.4 Å². The van der Waals surface area contributed by atoms with E-state index in [0.717, 1.165) is 22.4 Å². The van der Waals surface area contributed by atoms with Gasteiger partial charge in [-0.25, -0.2) is 15.4 Å². The van der Waals surface area contributed by atoms with Crippen LogP contribution in [0.15, 0.2) is 66.7 Å². The molecule has 0 saturated heterocycles. The van der Waals surface area contributed by atoms with E-state index in [1.54, 1.807) is 0 Å². The molecule has 6 N–H and O–H groups in total. The van der Waals surface area contributed by atoms with Gasteiger partial charge in [0.05, 0.1) is 29.4 Å². The van der Waals surface area contributed by atoms with Gasteiger partial charge in [-0.15, -0.1) is 0 Å². The van der Waals surface area contributed by atoms with Crippen molar-refractivity contribution >= 4 is 17.3 Å². The summed E-state index contributed by atoms with van der Waals surface area (Å²) in [6, 6.07) is 22.0. The lowest BCUT2D eigenvalue weighted by atomic mass is 9.92. The minimum Gasteiger partial charge on any atom is -0.477 e. The van der Waals surface area contributed by atoms with E-state index in [1.807, 2.05) is 49.4 Å². The molecule has 198 valence electrons. The van der Waals surface area contributed by atoms with E-state index in [4.69, 9.17) is 21.2 Å². The number of aryl methyl sites for hydroxylation is 1. The first-order chi connectivity index (χ1) is 18.9. The normalized spacial score (nSPS) is 18.2. The molecule has 2 aliphatic rings. The molecule has 1 saturated carbocycles. The zero-order chi connectivity index (χ0) is 27.1. The lowest BCUT2D eigenvalue weighted by Gasteiger charge is -2.18. The van der Waals surface area contributed by atoms with Gasteiger partial charge in [0.1, 0.15) is 0 Å². The Morgan fingerprint density at radius 3 is 2.62 bits per heavy atom. The summed E-state index contributed by atoms with van der Waals surface area (Å²) >= 11 is 0. The monoisotopic (exact) mass is 520 g/mol. The molecule has 1 aliphatic carbocycles. The molecule has 0 spiro atoms. The maximum Gasteiger partial charge on any atom is 0.269 e. The predicted octanol–water partition coefficient (Wildman–Crippen LogP) is 5.05. The highest BCUT2D eigenvalue weighted by Crippen LogP contribution is 2.48. The van der Waals surface area contributed by atoms with Crippen molar-refractivity contribution in [2.24, 2.45) is 17.6 Å². The number of amides is 1. The van der Waals surface area contributed by atoms with Crippen molar-refractivity contribution in [2.75, 3.05) is 17.8 Å². The molecule has 2 aromatic heterocycles. The van der Waals surface area contributed by atoms with Gasteiger partial charge in [-0.3, -0.25) is 4.79 Å². The van der Waals surface area contributed by atoms with Gasteiger partial charge >= 0.3 is 0 Å². The Hall–Kier alpha value is -4.43. The number of carbonyl (C=O) groups is 1. The SMILES string of the molecule is Cc1ccc2c(c1-c1cc(-c3cccc(OCC(c4ccccc4)C4CC4C)n3)nc(C(N)=O)c1N)CNN2. The number of aromatic nitrogens is 2. The van der Waals surface area contributed by atoms with E-state index < -0.39 is 5.91 Å². The molecule has 1 amide bonds. The zero-order valence-electron chi connectivity index (χ0n) is 22.1. The third kappa shape index (κ3) is 4.79. The molecule has 3 heterocycles. The summed E-state index contributed by atoms with van der Waals surface area (Å²) in [7, 11) is 0. The Balaban J connectivity index is 1.35. The van der Waals surface area contributed by atoms with E-state index in [2.05, 4.69) is 47.0 Å². The van der Waals surface area contributed by atoms with E-state index >= 15 is 0 Å². The highest BCUT2D eigenvalue weighted by molar-refractivity contribution is 6.01. The van der Waals surface area contributed by atoms with Crippen LogP contribution in [0.4, 0.5) is 11.4 Å². The topological polar surface area (TPSA) is 128 Å². The second-order valence-electron chi connectivity index (χ2n) is 10.5. The summed E-state index contributed by atoms with van der Waals surface area (Å²) in [5.41, 5.74) is 25.9. The molecule has 3 atom stereocenters. The Morgan fingerprint density at radius 1 is 1.08 bits per heavy atom. The van der Waals surface area contributed by atoms with Crippen molar-refractivity contribution in [3.05, 3.63) is 89.1 Å². The number of benzene rings is 2. The summed E-state index contributed by atoms with van der Waals surface area (Å²) in [6.45, 7) is 5.47. The lowest BCUT2D eigenvalue weighted by molar-refractivity contribution is 0.0996. The minimum atomic E-state index is -0.686. The van der Waals surface area contributed by atoms with E-state index in [1.165, 1.54) is 12.0 Å². The highest BCUT2D eigenvalue weighted by Gasteiger charge is 2.40. The second-order valence-corrected chi connectivity index (χ2v) is 10.5. The Labute approximate surface area is 227 Å². The van der Waals surface area contributed by atoms with Crippen LogP contribution in [0.2, 0.25) is 0 Å². The number of fused-ring (bicyclic) bond motifs is 1. The molecule has 3 unspecified atom stereocenters. The highest BCUT2D eigenvalue weighted by atomic mass is 16.5. The Bertz CT molecular complexity index is 1550. The van der Waals surface area contributed by atoms with Gasteiger partial charge in [0, 0.05) is 29.7 Å². The quantitative estimate of drug-likeness (QED) is 0.256. The van der Waals surface area contributed by atoms with Crippen molar-refractivity contribution in [3.63, 3.8) is 0 Å². The van der Waals surface area contributed by atoms with Gasteiger partial charge in [-0.1, -0.05) is 49.4 Å². The largest absolute Gasteiger partial charge is 0.477 e. The fourth-order valence-corrected chi connectivity index (χ4v) is 5.64. The first-order valence-electron chi connectivity index (χ1n) is 13.3. The van der Waals surface area contributed by atoms with Crippen molar-refractivity contribution in [3.8, 4) is 28.4 Å². The van der Waals surface area contributed by atoms with Crippen LogP contribution in [-0.4, -0.2) is 22.5 Å². The molecular formula is C31H32N6O2. The molecule has 2 aromatic carbocycles. The molecule has 8 nitrogen and oxygen atoms in total. The van der Waals surface area contributed by atoms with E-state index in [9.17, 15) is 4.79 Å². The number of ether oxygens (including phenoxy) is 1. The molecule has 0 radical (unpaired) electrons. The van der Waals surface area contributed by atoms with Crippen LogP contribution in [0.25, 0.3) is 22.5 Å². The summed E-state index contributed by atoms with van der Waals surface area (Å²) in [5, 5.41) is 0. The third-order valence-electron chi connectivity index (χ3n) is 7.88. The molecule has 4 aromatic rings. The number of nitrogen functional groups attached to an aromatic ring is 1. The average Bonchev–Trinajstić information content (AvgIpc) is 3.46. The number of rotatable bonds is 8. The zero-order valence-corrected chi connectivity index (χ0v) is 22.1. The van der Waals surface area contributed by atoms with Gasteiger partial charge in [0.25, 0.3) is 5.91 Å². The van der Waals surface area contributed by atoms with Crippen LogP contribution < -0.4 is 27.1 Å². The van der Waals surface area contributed by atoms with E-state index in [0.29, 0.717) is 53.7 Å². The molecule has 6 rings (SSSR count). The molecule has 8 heteroatoms. The second kappa shape index (κ2) is 10.0. The number of primary amides is 1. The Morgan fingerprint density at radius 2 is 1.87 bits per heavy atom. The molecule has 39 heavy (non-hydrogen) atoms. The van der Waals surface area contributed by atoms with Gasteiger partial charge in [0.15, 0.2) is 5.69 Å². The number of pyridine rings is 2. The van der Waals surface area contributed by atoms with Crippen molar-refractivity contribution < 1.29 is 9.53 Å².